The first-order valence-corrected chi connectivity index (χ1v) is 6.78. The zero-order chi connectivity index (χ0) is 13.0. The molecule has 0 radical (unpaired) electrons. The third-order valence-electron chi connectivity index (χ3n) is 3.51. The average molecular weight is 246 g/mol. The van der Waals surface area contributed by atoms with E-state index in [4.69, 9.17) is 0 Å². The van der Waals surface area contributed by atoms with Gasteiger partial charge in [0.15, 0.2) is 0 Å². The predicted molar refractivity (Wildman–Crippen MR) is 73.4 cm³/mol. The Balaban J connectivity index is 2.05. The van der Waals surface area contributed by atoms with Crippen molar-refractivity contribution in [2.75, 3.05) is 19.6 Å². The summed E-state index contributed by atoms with van der Waals surface area (Å²) in [6, 6.07) is 9.04. The lowest BCUT2D eigenvalue weighted by Crippen LogP contribution is -2.36. The number of amides is 1. The third kappa shape index (κ3) is 3.10. The van der Waals surface area contributed by atoms with Crippen molar-refractivity contribution in [3.63, 3.8) is 0 Å². The number of likely N-dealkylation sites (tertiary alicyclic amines) is 1. The Bertz CT molecular complexity index is 417. The summed E-state index contributed by atoms with van der Waals surface area (Å²) in [6.07, 6.45) is 2.33. The first-order chi connectivity index (χ1) is 8.70. The standard InChI is InChI=1S/C15H22N2O/c1-3-16-15(18)11-17-9-5-8-14(17)13-7-4-6-12(2)10-13/h4,6-7,10,14H,3,5,8-9,11H2,1-2H3,(H,16,18). The highest BCUT2D eigenvalue weighted by Crippen LogP contribution is 2.31. The van der Waals surface area contributed by atoms with Crippen LogP contribution in [0.15, 0.2) is 24.3 Å². The number of carbonyl (C=O) groups is 1. The molecular formula is C15H22N2O. The van der Waals surface area contributed by atoms with Gasteiger partial charge in [0.2, 0.25) is 5.91 Å². The Hall–Kier alpha value is -1.35. The van der Waals surface area contributed by atoms with Crippen LogP contribution in [-0.4, -0.2) is 30.4 Å². The van der Waals surface area contributed by atoms with Crippen LogP contribution in [0.5, 0.6) is 0 Å². The zero-order valence-electron chi connectivity index (χ0n) is 11.3. The summed E-state index contributed by atoms with van der Waals surface area (Å²) in [7, 11) is 0. The molecule has 1 saturated heterocycles. The van der Waals surface area contributed by atoms with Gasteiger partial charge < -0.3 is 5.32 Å². The van der Waals surface area contributed by atoms with Crippen LogP contribution in [0.2, 0.25) is 0 Å². The van der Waals surface area contributed by atoms with Gasteiger partial charge in [0.1, 0.15) is 0 Å². The Morgan fingerprint density at radius 3 is 3.06 bits per heavy atom. The molecule has 1 aliphatic heterocycles. The number of hydrogen-bond acceptors (Lipinski definition) is 2. The van der Waals surface area contributed by atoms with Gasteiger partial charge in [-0.25, -0.2) is 0 Å². The minimum atomic E-state index is 0.136. The maximum absolute atomic E-state index is 11.7. The first-order valence-electron chi connectivity index (χ1n) is 6.78. The van der Waals surface area contributed by atoms with E-state index in [-0.39, 0.29) is 5.91 Å². The van der Waals surface area contributed by atoms with Gasteiger partial charge in [-0.1, -0.05) is 29.8 Å². The summed E-state index contributed by atoms with van der Waals surface area (Å²) in [5.41, 5.74) is 2.63. The SMILES string of the molecule is CCNC(=O)CN1CCCC1c1cccc(C)c1. The molecule has 1 aliphatic rings. The molecule has 1 aromatic rings. The molecule has 1 N–H and O–H groups in total. The molecule has 0 aromatic heterocycles. The van der Waals surface area contributed by atoms with Gasteiger partial charge in [-0.3, -0.25) is 9.69 Å². The van der Waals surface area contributed by atoms with E-state index >= 15 is 0 Å². The monoisotopic (exact) mass is 246 g/mol. The van der Waals surface area contributed by atoms with E-state index in [0.29, 0.717) is 19.1 Å². The van der Waals surface area contributed by atoms with E-state index in [9.17, 15) is 4.79 Å². The molecule has 1 heterocycles. The summed E-state index contributed by atoms with van der Waals surface area (Å²) in [4.78, 5) is 14.0. The molecule has 0 bridgehead atoms. The molecule has 0 aliphatic carbocycles. The highest BCUT2D eigenvalue weighted by Gasteiger charge is 2.27. The molecule has 1 aromatic carbocycles. The summed E-state index contributed by atoms with van der Waals surface area (Å²) < 4.78 is 0. The van der Waals surface area contributed by atoms with Gasteiger partial charge in [0.25, 0.3) is 0 Å². The predicted octanol–water partition coefficient (Wildman–Crippen LogP) is 2.27. The maximum atomic E-state index is 11.7. The van der Waals surface area contributed by atoms with Crippen molar-refractivity contribution in [3.05, 3.63) is 35.4 Å². The average Bonchev–Trinajstić information content (AvgIpc) is 2.77. The molecule has 0 spiro atoms. The molecule has 3 heteroatoms. The zero-order valence-corrected chi connectivity index (χ0v) is 11.3. The third-order valence-corrected chi connectivity index (χ3v) is 3.51. The molecule has 3 nitrogen and oxygen atoms in total. The van der Waals surface area contributed by atoms with Crippen LogP contribution >= 0.6 is 0 Å². The highest BCUT2D eigenvalue weighted by atomic mass is 16.2. The quantitative estimate of drug-likeness (QED) is 0.884. The fraction of sp³-hybridized carbons (Fsp3) is 0.533. The van der Waals surface area contributed by atoms with Gasteiger partial charge in [-0.15, -0.1) is 0 Å². The summed E-state index contributed by atoms with van der Waals surface area (Å²) >= 11 is 0. The fourth-order valence-electron chi connectivity index (χ4n) is 2.71. The number of benzene rings is 1. The van der Waals surface area contributed by atoms with Gasteiger partial charge in [-0.05, 0) is 38.8 Å². The molecule has 0 saturated carbocycles. The normalized spacial score (nSPS) is 20.0. The molecule has 1 unspecified atom stereocenters. The van der Waals surface area contributed by atoms with E-state index in [1.54, 1.807) is 0 Å². The van der Waals surface area contributed by atoms with Gasteiger partial charge in [0, 0.05) is 12.6 Å². The van der Waals surface area contributed by atoms with Crippen LogP contribution in [0.25, 0.3) is 0 Å². The van der Waals surface area contributed by atoms with Crippen LogP contribution in [-0.2, 0) is 4.79 Å². The fourth-order valence-corrected chi connectivity index (χ4v) is 2.71. The number of nitrogens with one attached hydrogen (secondary N) is 1. The minimum absolute atomic E-state index is 0.136. The minimum Gasteiger partial charge on any atom is -0.355 e. The van der Waals surface area contributed by atoms with Crippen LogP contribution in [0, 0.1) is 6.92 Å². The Kier molecular flexibility index (Phi) is 4.37. The van der Waals surface area contributed by atoms with Crippen molar-refractivity contribution in [1.82, 2.24) is 10.2 Å². The van der Waals surface area contributed by atoms with E-state index in [2.05, 4.69) is 41.4 Å². The van der Waals surface area contributed by atoms with Gasteiger partial charge in [-0.2, -0.15) is 0 Å². The largest absolute Gasteiger partial charge is 0.355 e. The Morgan fingerprint density at radius 1 is 1.50 bits per heavy atom. The Morgan fingerprint density at radius 2 is 2.33 bits per heavy atom. The van der Waals surface area contributed by atoms with Crippen molar-refractivity contribution in [3.8, 4) is 0 Å². The number of carbonyl (C=O) groups excluding carboxylic acids is 1. The lowest BCUT2D eigenvalue weighted by molar-refractivity contribution is -0.122. The molecule has 2 rings (SSSR count). The van der Waals surface area contributed by atoms with Crippen molar-refractivity contribution in [1.29, 1.82) is 0 Å². The van der Waals surface area contributed by atoms with E-state index in [1.807, 2.05) is 6.92 Å². The van der Waals surface area contributed by atoms with Crippen LogP contribution in [0.3, 0.4) is 0 Å². The number of aryl methyl sites for hydroxylation is 1. The maximum Gasteiger partial charge on any atom is 0.234 e. The first kappa shape index (κ1) is 13.1. The van der Waals surface area contributed by atoms with Crippen molar-refractivity contribution in [2.45, 2.75) is 32.7 Å². The summed E-state index contributed by atoms with van der Waals surface area (Å²) in [5.74, 6) is 0.136. The smallest absolute Gasteiger partial charge is 0.234 e. The van der Waals surface area contributed by atoms with Crippen LogP contribution < -0.4 is 5.32 Å². The van der Waals surface area contributed by atoms with Gasteiger partial charge >= 0.3 is 0 Å². The second-order valence-corrected chi connectivity index (χ2v) is 5.00. The second kappa shape index (κ2) is 6.01. The number of rotatable bonds is 4. The van der Waals surface area contributed by atoms with Crippen molar-refractivity contribution >= 4 is 5.91 Å². The second-order valence-electron chi connectivity index (χ2n) is 5.00. The lowest BCUT2D eigenvalue weighted by Gasteiger charge is -2.24. The number of nitrogens with zero attached hydrogens (tertiary/aromatic N) is 1. The van der Waals surface area contributed by atoms with E-state index < -0.39 is 0 Å². The van der Waals surface area contributed by atoms with Crippen LogP contribution in [0.4, 0.5) is 0 Å². The Labute approximate surface area is 109 Å². The van der Waals surface area contributed by atoms with E-state index in [1.165, 1.54) is 17.5 Å². The molecule has 1 atom stereocenters. The topological polar surface area (TPSA) is 32.3 Å². The lowest BCUT2D eigenvalue weighted by atomic mass is 10.0. The van der Waals surface area contributed by atoms with Gasteiger partial charge in [0.05, 0.1) is 6.54 Å². The van der Waals surface area contributed by atoms with Crippen molar-refractivity contribution < 1.29 is 4.79 Å². The molecule has 1 amide bonds. The number of likely N-dealkylation sites (N-methyl/N-ethyl adjacent to an activating group) is 1. The molecule has 18 heavy (non-hydrogen) atoms. The summed E-state index contributed by atoms with van der Waals surface area (Å²) in [5, 5.41) is 2.88. The molecular weight excluding hydrogens is 224 g/mol. The van der Waals surface area contributed by atoms with Crippen molar-refractivity contribution in [2.24, 2.45) is 0 Å². The number of hydrogen-bond donors (Lipinski definition) is 1. The molecule has 1 fully saturated rings. The van der Waals surface area contributed by atoms with Crippen LogP contribution in [0.1, 0.15) is 36.9 Å². The van der Waals surface area contributed by atoms with E-state index in [0.717, 1.165) is 13.0 Å². The summed E-state index contributed by atoms with van der Waals surface area (Å²) in [6.45, 7) is 6.33. The highest BCUT2D eigenvalue weighted by molar-refractivity contribution is 5.78. The molecule has 98 valence electrons.